The average molecular weight is 346 g/mol. The van der Waals surface area contributed by atoms with Crippen LogP contribution < -0.4 is 0 Å². The van der Waals surface area contributed by atoms with Crippen molar-refractivity contribution < 1.29 is 8.83 Å². The summed E-state index contributed by atoms with van der Waals surface area (Å²) in [6.07, 6.45) is 0.831. The van der Waals surface area contributed by atoms with Gasteiger partial charge in [0.2, 0.25) is 17.7 Å². The second-order valence-corrected chi connectivity index (χ2v) is 6.63. The molecule has 1 atom stereocenters. The lowest BCUT2D eigenvalue weighted by molar-refractivity contribution is 0.126. The second-order valence-electron chi connectivity index (χ2n) is 6.63. The Balaban J connectivity index is 1.51. The minimum Gasteiger partial charge on any atom is -0.439 e. The van der Waals surface area contributed by atoms with Crippen molar-refractivity contribution in [1.29, 1.82) is 0 Å². The normalized spacial score (nSPS) is 17.5. The fourth-order valence-electron chi connectivity index (χ4n) is 3.59. The van der Waals surface area contributed by atoms with Crippen molar-refractivity contribution in [3.05, 3.63) is 77.3 Å². The molecule has 0 unspecified atom stereocenters. The SMILES string of the molecule is Cc1nnc([C@@H]2Cc3ccccc3CN2Cc2nc3ccccc3o2)o1. The molecule has 1 aliphatic heterocycles. The number of hydrogen-bond donors (Lipinski definition) is 0. The number of oxazole rings is 1. The predicted molar refractivity (Wildman–Crippen MR) is 95.2 cm³/mol. The van der Waals surface area contributed by atoms with Crippen LogP contribution in [0.3, 0.4) is 0 Å². The molecule has 6 nitrogen and oxygen atoms in total. The zero-order valence-electron chi connectivity index (χ0n) is 14.4. The van der Waals surface area contributed by atoms with Gasteiger partial charge in [0.25, 0.3) is 0 Å². The van der Waals surface area contributed by atoms with Crippen LogP contribution in [0.2, 0.25) is 0 Å². The van der Waals surface area contributed by atoms with E-state index in [9.17, 15) is 0 Å². The van der Waals surface area contributed by atoms with Gasteiger partial charge in [-0.15, -0.1) is 10.2 Å². The number of aromatic nitrogens is 3. The van der Waals surface area contributed by atoms with Gasteiger partial charge in [-0.1, -0.05) is 36.4 Å². The molecule has 0 amide bonds. The summed E-state index contributed by atoms with van der Waals surface area (Å²) < 4.78 is 11.7. The predicted octanol–water partition coefficient (Wildman–Crippen LogP) is 3.82. The van der Waals surface area contributed by atoms with E-state index in [4.69, 9.17) is 8.83 Å². The molecule has 2 aromatic heterocycles. The first-order chi connectivity index (χ1) is 12.8. The Kier molecular flexibility index (Phi) is 3.57. The van der Waals surface area contributed by atoms with Crippen molar-refractivity contribution >= 4 is 11.1 Å². The molecule has 6 heteroatoms. The Labute approximate surface area is 150 Å². The highest BCUT2D eigenvalue weighted by Crippen LogP contribution is 2.34. The first kappa shape index (κ1) is 15.3. The standard InChI is InChI=1S/C20H18N4O2/c1-13-22-23-20(25-13)17-10-14-6-2-3-7-15(14)11-24(17)12-19-21-16-8-4-5-9-18(16)26-19/h2-9,17H,10-12H2,1H3/t17-/m0/s1. The number of benzene rings is 2. The zero-order valence-corrected chi connectivity index (χ0v) is 14.4. The van der Waals surface area contributed by atoms with Crippen LogP contribution in [0.5, 0.6) is 0 Å². The van der Waals surface area contributed by atoms with Gasteiger partial charge in [0.05, 0.1) is 12.6 Å². The van der Waals surface area contributed by atoms with Crippen LogP contribution in [0.25, 0.3) is 11.1 Å². The minimum atomic E-state index is 0.0149. The molecule has 0 N–H and O–H groups in total. The van der Waals surface area contributed by atoms with Gasteiger partial charge in [-0.05, 0) is 29.7 Å². The Hall–Kier alpha value is -2.99. The van der Waals surface area contributed by atoms with Gasteiger partial charge in [-0.3, -0.25) is 4.90 Å². The highest BCUT2D eigenvalue weighted by molar-refractivity contribution is 5.72. The van der Waals surface area contributed by atoms with Crippen molar-refractivity contribution in [2.75, 3.05) is 0 Å². The molecule has 0 aliphatic carbocycles. The summed E-state index contributed by atoms with van der Waals surface area (Å²) in [5, 5.41) is 8.28. The third-order valence-corrected chi connectivity index (χ3v) is 4.85. The summed E-state index contributed by atoms with van der Waals surface area (Å²) in [5.41, 5.74) is 4.33. The molecule has 0 radical (unpaired) electrons. The molecule has 0 fully saturated rings. The molecular weight excluding hydrogens is 328 g/mol. The van der Waals surface area contributed by atoms with Gasteiger partial charge in [0, 0.05) is 13.5 Å². The van der Waals surface area contributed by atoms with E-state index in [1.807, 2.05) is 31.2 Å². The van der Waals surface area contributed by atoms with Crippen LogP contribution in [0.15, 0.2) is 57.4 Å². The largest absolute Gasteiger partial charge is 0.439 e. The van der Waals surface area contributed by atoms with Gasteiger partial charge >= 0.3 is 0 Å². The van der Waals surface area contributed by atoms with Crippen LogP contribution in [-0.4, -0.2) is 20.1 Å². The molecule has 1 aliphatic rings. The summed E-state index contributed by atoms with van der Waals surface area (Å²) in [7, 11) is 0. The maximum Gasteiger partial charge on any atom is 0.233 e. The van der Waals surface area contributed by atoms with Crippen LogP contribution in [-0.2, 0) is 19.5 Å². The van der Waals surface area contributed by atoms with E-state index in [1.165, 1.54) is 11.1 Å². The average Bonchev–Trinajstić information content (AvgIpc) is 3.26. The van der Waals surface area contributed by atoms with Gasteiger partial charge in [-0.2, -0.15) is 0 Å². The van der Waals surface area contributed by atoms with Crippen molar-refractivity contribution in [2.45, 2.75) is 32.5 Å². The van der Waals surface area contributed by atoms with Crippen molar-refractivity contribution in [2.24, 2.45) is 0 Å². The van der Waals surface area contributed by atoms with Gasteiger partial charge in [-0.25, -0.2) is 4.98 Å². The lowest BCUT2D eigenvalue weighted by Gasteiger charge is -2.33. The van der Waals surface area contributed by atoms with Crippen LogP contribution in [0, 0.1) is 6.92 Å². The highest BCUT2D eigenvalue weighted by atomic mass is 16.4. The van der Waals surface area contributed by atoms with Gasteiger partial charge in [0.15, 0.2) is 5.58 Å². The van der Waals surface area contributed by atoms with Crippen molar-refractivity contribution in [3.63, 3.8) is 0 Å². The van der Waals surface area contributed by atoms with Crippen molar-refractivity contribution in [1.82, 2.24) is 20.1 Å². The molecule has 0 saturated heterocycles. The fraction of sp³-hybridized carbons (Fsp3) is 0.250. The number of aryl methyl sites for hydroxylation is 1. The molecule has 0 spiro atoms. The van der Waals surface area contributed by atoms with Crippen molar-refractivity contribution in [3.8, 4) is 0 Å². The number of fused-ring (bicyclic) bond motifs is 2. The summed E-state index contributed by atoms with van der Waals surface area (Å²) in [4.78, 5) is 6.91. The lowest BCUT2D eigenvalue weighted by atomic mass is 9.94. The molecule has 4 aromatic rings. The third-order valence-electron chi connectivity index (χ3n) is 4.85. The van der Waals surface area contributed by atoms with E-state index in [-0.39, 0.29) is 6.04 Å². The topological polar surface area (TPSA) is 68.2 Å². The van der Waals surface area contributed by atoms with E-state index in [0.717, 1.165) is 24.1 Å². The molecule has 0 bridgehead atoms. The first-order valence-electron chi connectivity index (χ1n) is 8.71. The number of nitrogens with zero attached hydrogens (tertiary/aromatic N) is 4. The van der Waals surface area contributed by atoms with Crippen LogP contribution in [0.4, 0.5) is 0 Å². The van der Waals surface area contributed by atoms with E-state index in [2.05, 4.69) is 44.3 Å². The smallest absolute Gasteiger partial charge is 0.233 e. The van der Waals surface area contributed by atoms with E-state index in [1.54, 1.807) is 0 Å². The summed E-state index contributed by atoms with van der Waals surface area (Å²) in [6.45, 7) is 3.20. The maximum absolute atomic E-state index is 5.93. The molecular formula is C20H18N4O2. The first-order valence-corrected chi connectivity index (χ1v) is 8.71. The summed E-state index contributed by atoms with van der Waals surface area (Å²) in [5.74, 6) is 1.93. The Morgan fingerprint density at radius 2 is 1.81 bits per heavy atom. The quantitative estimate of drug-likeness (QED) is 0.562. The summed E-state index contributed by atoms with van der Waals surface area (Å²) >= 11 is 0. The Bertz CT molecular complexity index is 1040. The minimum absolute atomic E-state index is 0.0149. The Morgan fingerprint density at radius 1 is 1.00 bits per heavy atom. The lowest BCUT2D eigenvalue weighted by Crippen LogP contribution is -2.34. The molecule has 2 aromatic carbocycles. The van der Waals surface area contributed by atoms with Crippen LogP contribution >= 0.6 is 0 Å². The Morgan fingerprint density at radius 3 is 2.62 bits per heavy atom. The number of para-hydroxylation sites is 2. The van der Waals surface area contributed by atoms with Gasteiger partial charge in [0.1, 0.15) is 5.52 Å². The molecule has 130 valence electrons. The number of hydrogen-bond acceptors (Lipinski definition) is 6. The zero-order chi connectivity index (χ0) is 17.5. The monoisotopic (exact) mass is 346 g/mol. The number of rotatable bonds is 3. The third kappa shape index (κ3) is 2.68. The highest BCUT2D eigenvalue weighted by Gasteiger charge is 2.32. The van der Waals surface area contributed by atoms with Crippen LogP contribution in [0.1, 0.15) is 34.8 Å². The van der Waals surface area contributed by atoms with E-state index in [0.29, 0.717) is 24.2 Å². The molecule has 3 heterocycles. The van der Waals surface area contributed by atoms with E-state index < -0.39 is 0 Å². The molecule has 26 heavy (non-hydrogen) atoms. The molecule has 5 rings (SSSR count). The second kappa shape index (κ2) is 6.07. The maximum atomic E-state index is 5.93. The summed E-state index contributed by atoms with van der Waals surface area (Å²) in [6, 6.07) is 16.3. The molecule has 0 saturated carbocycles. The van der Waals surface area contributed by atoms with Gasteiger partial charge < -0.3 is 8.83 Å². The van der Waals surface area contributed by atoms with E-state index >= 15 is 0 Å². The fourth-order valence-corrected chi connectivity index (χ4v) is 3.59.